The molecular weight excluding hydrogens is 174 g/mol. The Bertz CT molecular complexity index is 403. The van der Waals surface area contributed by atoms with E-state index < -0.39 is 0 Å². The Morgan fingerprint density at radius 1 is 1.36 bits per heavy atom. The van der Waals surface area contributed by atoms with Gasteiger partial charge in [0.15, 0.2) is 5.78 Å². The van der Waals surface area contributed by atoms with Crippen LogP contribution in [0.1, 0.15) is 28.8 Å². The molecule has 2 heteroatoms. The van der Waals surface area contributed by atoms with E-state index in [9.17, 15) is 4.79 Å². The summed E-state index contributed by atoms with van der Waals surface area (Å²) in [5.74, 6) is 0.181. The first-order chi connectivity index (χ1) is 6.81. The third-order valence-electron chi connectivity index (χ3n) is 2.69. The Kier molecular flexibility index (Phi) is 2.32. The highest BCUT2D eigenvalue weighted by Crippen LogP contribution is 2.23. The summed E-state index contributed by atoms with van der Waals surface area (Å²) in [6, 6.07) is 9.86. The molecule has 1 unspecified atom stereocenters. The second kappa shape index (κ2) is 3.63. The molecule has 0 spiro atoms. The molecule has 1 atom stereocenters. The van der Waals surface area contributed by atoms with E-state index in [1.807, 2.05) is 24.3 Å². The fraction of sp³-hybridized carbons (Fsp3) is 0.333. The number of Topliss-reactive ketones (excluding diaryl/α,β-unsaturated/α-hetero) is 1. The third kappa shape index (κ3) is 1.54. The summed E-state index contributed by atoms with van der Waals surface area (Å²) >= 11 is 0. The van der Waals surface area contributed by atoms with E-state index in [4.69, 9.17) is 5.26 Å². The average molecular weight is 185 g/mol. The number of nitriles is 1. The summed E-state index contributed by atoms with van der Waals surface area (Å²) in [5.41, 5.74) is 1.84. The monoisotopic (exact) mass is 185 g/mol. The van der Waals surface area contributed by atoms with Crippen LogP contribution in [0.25, 0.3) is 0 Å². The Morgan fingerprint density at radius 2 is 2.14 bits per heavy atom. The lowest BCUT2D eigenvalue weighted by atomic mass is 9.98. The molecule has 0 aliphatic heterocycles. The molecule has 14 heavy (non-hydrogen) atoms. The van der Waals surface area contributed by atoms with Crippen LogP contribution in [0, 0.1) is 17.2 Å². The highest BCUT2D eigenvalue weighted by Gasteiger charge is 2.20. The van der Waals surface area contributed by atoms with Gasteiger partial charge >= 0.3 is 0 Å². The average Bonchev–Trinajstić information content (AvgIpc) is 2.39. The zero-order chi connectivity index (χ0) is 9.97. The molecule has 2 nitrogen and oxygen atoms in total. The fourth-order valence-corrected chi connectivity index (χ4v) is 1.89. The van der Waals surface area contributed by atoms with Gasteiger partial charge in [0.2, 0.25) is 0 Å². The van der Waals surface area contributed by atoms with Crippen molar-refractivity contribution in [3.05, 3.63) is 35.4 Å². The normalized spacial score (nSPS) is 20.8. The van der Waals surface area contributed by atoms with Crippen LogP contribution in [-0.4, -0.2) is 5.78 Å². The zero-order valence-corrected chi connectivity index (χ0v) is 7.86. The van der Waals surface area contributed by atoms with E-state index in [0.717, 1.165) is 17.5 Å². The van der Waals surface area contributed by atoms with E-state index in [0.29, 0.717) is 12.8 Å². The Labute approximate surface area is 83.2 Å². The van der Waals surface area contributed by atoms with E-state index in [1.54, 1.807) is 0 Å². The Morgan fingerprint density at radius 3 is 2.93 bits per heavy atom. The van der Waals surface area contributed by atoms with Gasteiger partial charge in [0, 0.05) is 12.0 Å². The molecule has 0 amide bonds. The number of nitrogens with zero attached hydrogens (tertiary/aromatic N) is 1. The van der Waals surface area contributed by atoms with Gasteiger partial charge in [-0.1, -0.05) is 24.3 Å². The summed E-state index contributed by atoms with van der Waals surface area (Å²) in [6.45, 7) is 0. The van der Waals surface area contributed by atoms with Gasteiger partial charge in [-0.3, -0.25) is 4.79 Å². The highest BCUT2D eigenvalue weighted by atomic mass is 16.1. The molecule has 70 valence electrons. The molecule has 2 rings (SSSR count). The van der Waals surface area contributed by atoms with E-state index in [1.165, 1.54) is 0 Å². The number of carbonyl (C=O) groups excluding carboxylic acids is 1. The van der Waals surface area contributed by atoms with Crippen LogP contribution >= 0.6 is 0 Å². The zero-order valence-electron chi connectivity index (χ0n) is 7.86. The maximum atomic E-state index is 11.7. The van der Waals surface area contributed by atoms with Gasteiger partial charge in [-0.05, 0) is 18.4 Å². The van der Waals surface area contributed by atoms with Gasteiger partial charge in [-0.15, -0.1) is 0 Å². The molecule has 1 aromatic carbocycles. The van der Waals surface area contributed by atoms with Gasteiger partial charge in [0.05, 0.1) is 12.0 Å². The van der Waals surface area contributed by atoms with Crippen LogP contribution in [0.3, 0.4) is 0 Å². The van der Waals surface area contributed by atoms with Gasteiger partial charge in [-0.2, -0.15) is 5.26 Å². The van der Waals surface area contributed by atoms with E-state index >= 15 is 0 Å². The molecule has 0 fully saturated rings. The second-order valence-electron chi connectivity index (χ2n) is 3.65. The van der Waals surface area contributed by atoms with Crippen molar-refractivity contribution < 1.29 is 4.79 Å². The molecule has 1 aromatic rings. The molecule has 0 heterocycles. The smallest absolute Gasteiger partial charge is 0.163 e. The standard InChI is InChI=1S/C12H11NO/c13-8-9-5-6-12(14)11-4-2-1-3-10(11)7-9/h1-4,9H,5-7H2. The number of rotatable bonds is 0. The number of hydrogen-bond donors (Lipinski definition) is 0. The molecule has 0 saturated carbocycles. The summed E-state index contributed by atoms with van der Waals surface area (Å²) < 4.78 is 0. The van der Waals surface area contributed by atoms with Crippen molar-refractivity contribution >= 4 is 5.78 Å². The maximum absolute atomic E-state index is 11.7. The van der Waals surface area contributed by atoms with Crippen LogP contribution in [0.5, 0.6) is 0 Å². The van der Waals surface area contributed by atoms with Crippen molar-refractivity contribution in [2.75, 3.05) is 0 Å². The topological polar surface area (TPSA) is 40.9 Å². The van der Waals surface area contributed by atoms with Crippen molar-refractivity contribution in [2.45, 2.75) is 19.3 Å². The van der Waals surface area contributed by atoms with E-state index in [2.05, 4.69) is 6.07 Å². The molecule has 0 radical (unpaired) electrons. The van der Waals surface area contributed by atoms with Crippen molar-refractivity contribution in [3.63, 3.8) is 0 Å². The van der Waals surface area contributed by atoms with Crippen LogP contribution in [-0.2, 0) is 6.42 Å². The lowest BCUT2D eigenvalue weighted by Crippen LogP contribution is -1.99. The van der Waals surface area contributed by atoms with Crippen molar-refractivity contribution in [3.8, 4) is 6.07 Å². The number of fused-ring (bicyclic) bond motifs is 1. The summed E-state index contributed by atoms with van der Waals surface area (Å²) in [7, 11) is 0. The largest absolute Gasteiger partial charge is 0.294 e. The molecule has 0 N–H and O–H groups in total. The minimum Gasteiger partial charge on any atom is -0.294 e. The first kappa shape index (κ1) is 8.96. The Hall–Kier alpha value is -1.62. The number of benzene rings is 1. The molecule has 0 aromatic heterocycles. The Balaban J connectivity index is 2.42. The lowest BCUT2D eigenvalue weighted by molar-refractivity contribution is 0.0980. The van der Waals surface area contributed by atoms with Crippen LogP contribution < -0.4 is 0 Å². The van der Waals surface area contributed by atoms with E-state index in [-0.39, 0.29) is 11.7 Å². The SMILES string of the molecule is N#CC1CCC(=O)c2ccccc2C1. The number of hydrogen-bond acceptors (Lipinski definition) is 2. The first-order valence-corrected chi connectivity index (χ1v) is 4.82. The summed E-state index contributed by atoms with van der Waals surface area (Å²) in [4.78, 5) is 11.7. The van der Waals surface area contributed by atoms with Gasteiger partial charge in [0.1, 0.15) is 0 Å². The fourth-order valence-electron chi connectivity index (χ4n) is 1.89. The van der Waals surface area contributed by atoms with Gasteiger partial charge < -0.3 is 0 Å². The predicted molar refractivity (Wildman–Crippen MR) is 52.8 cm³/mol. The second-order valence-corrected chi connectivity index (χ2v) is 3.65. The quantitative estimate of drug-likeness (QED) is 0.582. The van der Waals surface area contributed by atoms with Gasteiger partial charge in [-0.25, -0.2) is 0 Å². The molecule has 0 bridgehead atoms. The molecular formula is C12H11NO. The maximum Gasteiger partial charge on any atom is 0.163 e. The number of ketones is 1. The van der Waals surface area contributed by atoms with Crippen molar-refractivity contribution in [1.82, 2.24) is 0 Å². The minimum absolute atomic E-state index is 0.00241. The molecule has 0 saturated heterocycles. The summed E-state index contributed by atoms with van der Waals surface area (Å²) in [6.07, 6.45) is 1.93. The lowest BCUT2D eigenvalue weighted by Gasteiger charge is -2.04. The predicted octanol–water partition coefficient (Wildman–Crippen LogP) is 2.35. The van der Waals surface area contributed by atoms with Gasteiger partial charge in [0.25, 0.3) is 0 Å². The van der Waals surface area contributed by atoms with Crippen LogP contribution in [0.4, 0.5) is 0 Å². The van der Waals surface area contributed by atoms with Crippen LogP contribution in [0.15, 0.2) is 24.3 Å². The summed E-state index contributed by atoms with van der Waals surface area (Å²) in [5, 5.41) is 8.87. The molecule has 1 aliphatic rings. The first-order valence-electron chi connectivity index (χ1n) is 4.82. The van der Waals surface area contributed by atoms with Crippen molar-refractivity contribution in [1.29, 1.82) is 5.26 Å². The number of carbonyl (C=O) groups is 1. The third-order valence-corrected chi connectivity index (χ3v) is 2.69. The molecule has 1 aliphatic carbocycles. The van der Waals surface area contributed by atoms with Crippen LogP contribution in [0.2, 0.25) is 0 Å². The highest BCUT2D eigenvalue weighted by molar-refractivity contribution is 5.97. The van der Waals surface area contributed by atoms with Crippen molar-refractivity contribution in [2.24, 2.45) is 5.92 Å². The minimum atomic E-state index is 0.00241.